The Labute approximate surface area is 201 Å². The van der Waals surface area contributed by atoms with Crippen molar-refractivity contribution in [2.75, 3.05) is 13.2 Å². The molecule has 0 aliphatic heterocycles. The lowest BCUT2D eigenvalue weighted by Gasteiger charge is -2.49. The SMILES string of the molecule is C=C.CC#C[C@]1(O)CC[C@H]2[C@@H]3CCC4=C(CCC(=O)C4)C3=CC[C@@]21C.CCOC(C)OCC. The molecule has 184 valence electrons. The van der Waals surface area contributed by atoms with E-state index in [1.54, 1.807) is 0 Å². The van der Waals surface area contributed by atoms with Crippen LogP contribution in [0.2, 0.25) is 0 Å². The number of ether oxygens (including phenoxy) is 2. The summed E-state index contributed by atoms with van der Waals surface area (Å²) in [6.45, 7) is 17.3. The molecule has 33 heavy (non-hydrogen) atoms. The van der Waals surface area contributed by atoms with Gasteiger partial charge in [0.25, 0.3) is 0 Å². The number of hydrogen-bond donors (Lipinski definition) is 1. The summed E-state index contributed by atoms with van der Waals surface area (Å²) in [5, 5.41) is 11.1. The number of ketones is 1. The third-order valence-corrected chi connectivity index (χ3v) is 7.94. The fourth-order valence-electron chi connectivity index (χ4n) is 6.36. The standard InChI is InChI=1S/C21H26O2.C6H14O2.C2H4/c1-3-10-21(23)12-9-19-18-6-4-14-13-15(22)5-7-16(14)17(18)8-11-20(19,21)2;1-4-7-6(3)8-5-2;1-2/h8,18-19,23H,4-7,9,11-13H2,1-2H3;6H,4-5H2,1-3H3;1-2H2/t18-,19+,20+,21+;;/m1../s1. The normalized spacial score (nSPS) is 32.1. The van der Waals surface area contributed by atoms with Crippen LogP contribution in [0, 0.1) is 29.1 Å². The van der Waals surface area contributed by atoms with E-state index in [1.807, 2.05) is 27.7 Å². The van der Waals surface area contributed by atoms with Gasteiger partial charge in [0.05, 0.1) is 0 Å². The zero-order chi connectivity index (χ0) is 24.6. The molecule has 0 bridgehead atoms. The van der Waals surface area contributed by atoms with Crippen LogP contribution in [-0.4, -0.2) is 36.0 Å². The molecule has 4 aliphatic rings. The number of carbonyl (C=O) groups is 1. The highest BCUT2D eigenvalue weighted by Gasteiger charge is 2.59. The van der Waals surface area contributed by atoms with E-state index in [9.17, 15) is 9.90 Å². The van der Waals surface area contributed by atoms with Gasteiger partial charge in [0.15, 0.2) is 6.29 Å². The molecule has 0 aromatic rings. The van der Waals surface area contributed by atoms with Crippen LogP contribution in [0.25, 0.3) is 0 Å². The summed E-state index contributed by atoms with van der Waals surface area (Å²) in [6.07, 6.45) is 9.72. The summed E-state index contributed by atoms with van der Waals surface area (Å²) in [5.41, 5.74) is 3.49. The maximum absolute atomic E-state index is 11.8. The van der Waals surface area contributed by atoms with E-state index < -0.39 is 5.60 Å². The summed E-state index contributed by atoms with van der Waals surface area (Å²) >= 11 is 0. The average molecular weight is 457 g/mol. The highest BCUT2D eigenvalue weighted by atomic mass is 16.7. The van der Waals surface area contributed by atoms with Crippen LogP contribution in [0.1, 0.15) is 86.0 Å². The lowest BCUT2D eigenvalue weighted by Crippen LogP contribution is -2.48. The fraction of sp³-hybridized carbons (Fsp3) is 0.690. The highest BCUT2D eigenvalue weighted by molar-refractivity contribution is 5.83. The molecule has 0 aromatic heterocycles. The van der Waals surface area contributed by atoms with Crippen molar-refractivity contribution in [2.24, 2.45) is 17.3 Å². The van der Waals surface area contributed by atoms with Gasteiger partial charge >= 0.3 is 0 Å². The first kappa shape index (κ1) is 27.6. The molecular weight excluding hydrogens is 412 g/mol. The number of hydrogen-bond acceptors (Lipinski definition) is 4. The predicted octanol–water partition coefficient (Wildman–Crippen LogP) is 6.15. The molecule has 4 rings (SSSR count). The quantitative estimate of drug-likeness (QED) is 0.313. The van der Waals surface area contributed by atoms with Crippen molar-refractivity contribution in [2.45, 2.75) is 97.9 Å². The Hall–Kier alpha value is -1.67. The summed E-state index contributed by atoms with van der Waals surface area (Å²) in [7, 11) is 0. The summed E-state index contributed by atoms with van der Waals surface area (Å²) in [5.74, 6) is 7.61. The fourth-order valence-corrected chi connectivity index (χ4v) is 6.36. The molecule has 1 saturated carbocycles. The summed E-state index contributed by atoms with van der Waals surface area (Å²) < 4.78 is 10.1. The Bertz CT molecular complexity index is 807. The van der Waals surface area contributed by atoms with Crippen LogP contribution in [0.4, 0.5) is 0 Å². The Morgan fingerprint density at radius 1 is 1.18 bits per heavy atom. The molecule has 4 atom stereocenters. The van der Waals surface area contributed by atoms with Crippen LogP contribution in [0.3, 0.4) is 0 Å². The van der Waals surface area contributed by atoms with Crippen molar-refractivity contribution in [3.05, 3.63) is 36.0 Å². The van der Waals surface area contributed by atoms with Gasteiger partial charge in [-0.2, -0.15) is 0 Å². The molecule has 4 aliphatic carbocycles. The Morgan fingerprint density at radius 3 is 2.45 bits per heavy atom. The minimum Gasteiger partial charge on any atom is -0.377 e. The van der Waals surface area contributed by atoms with Crippen molar-refractivity contribution in [1.29, 1.82) is 0 Å². The third-order valence-electron chi connectivity index (χ3n) is 7.94. The van der Waals surface area contributed by atoms with Crippen LogP contribution >= 0.6 is 0 Å². The lowest BCUT2D eigenvalue weighted by molar-refractivity contribution is -0.123. The minimum atomic E-state index is -0.828. The van der Waals surface area contributed by atoms with Crippen molar-refractivity contribution in [3.8, 4) is 11.8 Å². The second-order valence-corrected chi connectivity index (χ2v) is 9.58. The van der Waals surface area contributed by atoms with Gasteiger partial charge in [0.2, 0.25) is 0 Å². The second-order valence-electron chi connectivity index (χ2n) is 9.58. The summed E-state index contributed by atoms with van der Waals surface area (Å²) in [6, 6.07) is 0. The molecule has 1 fully saturated rings. The molecular formula is C29H44O4. The molecule has 0 spiro atoms. The van der Waals surface area contributed by atoms with E-state index >= 15 is 0 Å². The van der Waals surface area contributed by atoms with Gasteiger partial charge in [0, 0.05) is 31.5 Å². The molecule has 4 nitrogen and oxygen atoms in total. The minimum absolute atomic E-state index is 0.0370. The number of rotatable bonds is 4. The van der Waals surface area contributed by atoms with Gasteiger partial charge in [-0.25, -0.2) is 0 Å². The van der Waals surface area contributed by atoms with E-state index in [2.05, 4.69) is 38.0 Å². The molecule has 0 saturated heterocycles. The van der Waals surface area contributed by atoms with E-state index in [-0.39, 0.29) is 11.7 Å². The summed E-state index contributed by atoms with van der Waals surface area (Å²) in [4.78, 5) is 11.8. The van der Waals surface area contributed by atoms with E-state index in [0.29, 0.717) is 24.0 Å². The van der Waals surface area contributed by atoms with Crippen LogP contribution < -0.4 is 0 Å². The lowest BCUT2D eigenvalue weighted by atomic mass is 9.56. The van der Waals surface area contributed by atoms with E-state index in [4.69, 9.17) is 9.47 Å². The second kappa shape index (κ2) is 12.2. The van der Waals surface area contributed by atoms with Crippen molar-refractivity contribution < 1.29 is 19.4 Å². The first-order valence-electron chi connectivity index (χ1n) is 12.6. The zero-order valence-electron chi connectivity index (χ0n) is 21.5. The van der Waals surface area contributed by atoms with Gasteiger partial charge in [-0.3, -0.25) is 4.79 Å². The smallest absolute Gasteiger partial charge is 0.154 e. The van der Waals surface area contributed by atoms with Gasteiger partial charge in [-0.05, 0) is 89.2 Å². The predicted molar refractivity (Wildman–Crippen MR) is 135 cm³/mol. The zero-order valence-corrected chi connectivity index (χ0v) is 21.5. The Morgan fingerprint density at radius 2 is 1.85 bits per heavy atom. The number of aliphatic hydroxyl groups is 1. The van der Waals surface area contributed by atoms with Gasteiger partial charge in [0.1, 0.15) is 11.4 Å². The monoisotopic (exact) mass is 456 g/mol. The topological polar surface area (TPSA) is 55.8 Å². The van der Waals surface area contributed by atoms with Gasteiger partial charge in [-0.1, -0.05) is 24.5 Å². The molecule has 0 amide bonds. The van der Waals surface area contributed by atoms with Crippen molar-refractivity contribution in [1.82, 2.24) is 0 Å². The molecule has 0 radical (unpaired) electrons. The maximum atomic E-state index is 11.8. The largest absolute Gasteiger partial charge is 0.377 e. The molecule has 1 N–H and O–H groups in total. The Kier molecular flexibility index (Phi) is 10.2. The average Bonchev–Trinajstić information content (AvgIpc) is 3.06. The van der Waals surface area contributed by atoms with Crippen molar-refractivity contribution in [3.63, 3.8) is 0 Å². The first-order valence-corrected chi connectivity index (χ1v) is 12.6. The Balaban J connectivity index is 0.000000330. The van der Waals surface area contributed by atoms with Crippen LogP contribution in [0.5, 0.6) is 0 Å². The van der Waals surface area contributed by atoms with Gasteiger partial charge in [-0.15, -0.1) is 19.1 Å². The van der Waals surface area contributed by atoms with E-state index in [1.165, 1.54) is 16.7 Å². The number of fused-ring (bicyclic) bond motifs is 4. The van der Waals surface area contributed by atoms with Crippen molar-refractivity contribution >= 4 is 5.78 Å². The number of carbonyl (C=O) groups excluding carboxylic acids is 1. The third kappa shape index (κ3) is 5.70. The van der Waals surface area contributed by atoms with Gasteiger partial charge < -0.3 is 14.6 Å². The number of Topliss-reactive ketones (excluding diaryl/α,β-unsaturated/α-hetero) is 1. The molecule has 0 aromatic carbocycles. The highest BCUT2D eigenvalue weighted by Crippen LogP contribution is 2.62. The van der Waals surface area contributed by atoms with Crippen LogP contribution in [0.15, 0.2) is 36.0 Å². The maximum Gasteiger partial charge on any atom is 0.154 e. The molecule has 0 heterocycles. The van der Waals surface area contributed by atoms with Crippen LogP contribution in [-0.2, 0) is 14.3 Å². The first-order chi connectivity index (χ1) is 15.8. The molecule has 4 heteroatoms. The van der Waals surface area contributed by atoms with E-state index in [0.717, 1.165) is 58.2 Å². The molecule has 0 unspecified atom stereocenters. The number of allylic oxidation sites excluding steroid dienone is 4.